The van der Waals surface area contributed by atoms with Crippen LogP contribution in [0.3, 0.4) is 0 Å². The number of benzene rings is 1. The third-order valence-electron chi connectivity index (χ3n) is 4.71. The van der Waals surface area contributed by atoms with Crippen LogP contribution in [0.1, 0.15) is 18.0 Å². The standard InChI is InChI=1S/C18H20N4O2/c1-23-16-6-12-11-5-14(10-3-4-20-8-10)22-18(19)13(11)9-21-15(12)7-17(16)24-2/h5-7,9-10,20H,3-4,8H2,1-2H3,(H2,19,22). The lowest BCUT2D eigenvalue weighted by molar-refractivity contribution is 0.356. The number of hydrogen-bond acceptors (Lipinski definition) is 6. The molecule has 0 saturated carbocycles. The fourth-order valence-electron chi connectivity index (χ4n) is 3.39. The molecular weight excluding hydrogens is 304 g/mol. The molecule has 0 amide bonds. The Bertz CT molecular complexity index is 920. The van der Waals surface area contributed by atoms with E-state index in [4.69, 9.17) is 15.2 Å². The lowest BCUT2D eigenvalue weighted by Gasteiger charge is -2.14. The van der Waals surface area contributed by atoms with Crippen LogP contribution in [0.2, 0.25) is 0 Å². The van der Waals surface area contributed by atoms with E-state index in [1.807, 2.05) is 12.1 Å². The second-order valence-electron chi connectivity index (χ2n) is 6.07. The monoisotopic (exact) mass is 324 g/mol. The summed E-state index contributed by atoms with van der Waals surface area (Å²) in [5.41, 5.74) is 8.10. The molecule has 1 unspecified atom stereocenters. The summed E-state index contributed by atoms with van der Waals surface area (Å²) in [5.74, 6) is 2.27. The Kier molecular flexibility index (Phi) is 3.61. The Hall–Kier alpha value is -2.60. The van der Waals surface area contributed by atoms with E-state index in [0.717, 1.165) is 46.9 Å². The van der Waals surface area contributed by atoms with Crippen molar-refractivity contribution in [1.82, 2.24) is 15.3 Å². The highest BCUT2D eigenvalue weighted by Crippen LogP contribution is 2.36. The number of hydrogen-bond donors (Lipinski definition) is 2. The van der Waals surface area contributed by atoms with Gasteiger partial charge < -0.3 is 20.5 Å². The van der Waals surface area contributed by atoms with Crippen LogP contribution in [0.25, 0.3) is 21.7 Å². The van der Waals surface area contributed by atoms with Gasteiger partial charge in [0.15, 0.2) is 11.5 Å². The topological polar surface area (TPSA) is 82.3 Å². The van der Waals surface area contributed by atoms with Crippen LogP contribution < -0.4 is 20.5 Å². The van der Waals surface area contributed by atoms with Crippen LogP contribution >= 0.6 is 0 Å². The van der Waals surface area contributed by atoms with Gasteiger partial charge in [-0.05, 0) is 30.5 Å². The number of ether oxygens (including phenoxy) is 2. The number of pyridine rings is 2. The summed E-state index contributed by atoms with van der Waals surface area (Å²) in [4.78, 5) is 9.12. The maximum absolute atomic E-state index is 6.21. The smallest absolute Gasteiger partial charge is 0.162 e. The third kappa shape index (κ3) is 2.30. The van der Waals surface area contributed by atoms with E-state index in [9.17, 15) is 0 Å². The Labute approximate surface area is 140 Å². The van der Waals surface area contributed by atoms with Crippen LogP contribution in [0, 0.1) is 0 Å². The second kappa shape index (κ2) is 5.79. The molecule has 0 radical (unpaired) electrons. The Balaban J connectivity index is 2.00. The SMILES string of the molecule is COc1cc2ncc3c(N)nc(C4CCNC4)cc3c2cc1OC. The number of rotatable bonds is 3. The van der Waals surface area contributed by atoms with E-state index >= 15 is 0 Å². The van der Waals surface area contributed by atoms with Crippen LogP contribution in [0.5, 0.6) is 11.5 Å². The van der Waals surface area contributed by atoms with E-state index in [2.05, 4.69) is 21.4 Å². The summed E-state index contributed by atoms with van der Waals surface area (Å²) in [5, 5.41) is 6.29. The molecule has 2 aromatic heterocycles. The van der Waals surface area contributed by atoms with E-state index in [1.54, 1.807) is 20.4 Å². The van der Waals surface area contributed by atoms with Crippen LogP contribution in [-0.2, 0) is 0 Å². The maximum Gasteiger partial charge on any atom is 0.162 e. The molecular formula is C18H20N4O2. The summed E-state index contributed by atoms with van der Waals surface area (Å²) < 4.78 is 10.8. The normalized spacial score (nSPS) is 17.5. The van der Waals surface area contributed by atoms with E-state index in [1.165, 1.54) is 0 Å². The molecule has 3 N–H and O–H groups in total. The number of aromatic nitrogens is 2. The molecule has 3 aromatic rings. The van der Waals surface area contributed by atoms with E-state index in [0.29, 0.717) is 23.2 Å². The zero-order valence-electron chi connectivity index (χ0n) is 13.8. The fourth-order valence-corrected chi connectivity index (χ4v) is 3.39. The highest BCUT2D eigenvalue weighted by atomic mass is 16.5. The molecule has 1 aliphatic heterocycles. The molecule has 1 saturated heterocycles. The van der Waals surface area contributed by atoms with Crippen LogP contribution in [-0.4, -0.2) is 37.3 Å². The summed E-state index contributed by atoms with van der Waals surface area (Å²) in [6, 6.07) is 5.99. The molecule has 0 aliphatic carbocycles. The first-order chi connectivity index (χ1) is 11.7. The molecule has 4 rings (SSSR count). The minimum atomic E-state index is 0.403. The first-order valence-electron chi connectivity index (χ1n) is 8.03. The molecule has 124 valence electrons. The van der Waals surface area contributed by atoms with Gasteiger partial charge in [-0.15, -0.1) is 0 Å². The van der Waals surface area contributed by atoms with Crippen molar-refractivity contribution in [2.75, 3.05) is 33.0 Å². The summed E-state index contributed by atoms with van der Waals surface area (Å²) in [7, 11) is 3.26. The molecule has 24 heavy (non-hydrogen) atoms. The summed E-state index contributed by atoms with van der Waals surface area (Å²) >= 11 is 0. The highest BCUT2D eigenvalue weighted by molar-refractivity contribution is 6.09. The molecule has 3 heterocycles. The van der Waals surface area contributed by atoms with Crippen LogP contribution in [0.4, 0.5) is 5.82 Å². The van der Waals surface area contributed by atoms with Gasteiger partial charge in [-0.3, -0.25) is 4.98 Å². The lowest BCUT2D eigenvalue weighted by Crippen LogP contribution is -2.09. The van der Waals surface area contributed by atoms with Crippen molar-refractivity contribution >= 4 is 27.5 Å². The van der Waals surface area contributed by atoms with Gasteiger partial charge in [0.05, 0.1) is 19.7 Å². The molecule has 1 fully saturated rings. The Morgan fingerprint density at radius 3 is 2.58 bits per heavy atom. The minimum absolute atomic E-state index is 0.403. The van der Waals surface area contributed by atoms with Gasteiger partial charge in [0.1, 0.15) is 5.82 Å². The Morgan fingerprint density at radius 2 is 1.88 bits per heavy atom. The highest BCUT2D eigenvalue weighted by Gasteiger charge is 2.20. The number of nitrogens with two attached hydrogens (primary N) is 1. The molecule has 6 heteroatoms. The van der Waals surface area contributed by atoms with Gasteiger partial charge in [0.2, 0.25) is 0 Å². The predicted molar refractivity (Wildman–Crippen MR) is 94.8 cm³/mol. The fraction of sp³-hybridized carbons (Fsp3) is 0.333. The van der Waals surface area contributed by atoms with Gasteiger partial charge in [-0.25, -0.2) is 4.98 Å². The Morgan fingerprint density at radius 1 is 1.08 bits per heavy atom. The van der Waals surface area contributed by atoms with Gasteiger partial charge in [0, 0.05) is 41.2 Å². The first kappa shape index (κ1) is 15.0. The van der Waals surface area contributed by atoms with Crippen molar-refractivity contribution in [2.24, 2.45) is 0 Å². The number of nitrogens with zero attached hydrogens (tertiary/aromatic N) is 2. The van der Waals surface area contributed by atoms with Crippen molar-refractivity contribution < 1.29 is 9.47 Å². The lowest BCUT2D eigenvalue weighted by atomic mass is 9.99. The summed E-state index contributed by atoms with van der Waals surface area (Å²) in [6.45, 7) is 1.96. The maximum atomic E-state index is 6.21. The zero-order chi connectivity index (χ0) is 16.7. The van der Waals surface area contributed by atoms with Gasteiger partial charge in [0.25, 0.3) is 0 Å². The van der Waals surface area contributed by atoms with Crippen molar-refractivity contribution in [3.63, 3.8) is 0 Å². The van der Waals surface area contributed by atoms with Gasteiger partial charge >= 0.3 is 0 Å². The summed E-state index contributed by atoms with van der Waals surface area (Å²) in [6.07, 6.45) is 2.86. The third-order valence-corrected chi connectivity index (χ3v) is 4.71. The van der Waals surface area contributed by atoms with Gasteiger partial charge in [-0.2, -0.15) is 0 Å². The van der Waals surface area contributed by atoms with Gasteiger partial charge in [-0.1, -0.05) is 0 Å². The van der Waals surface area contributed by atoms with E-state index < -0.39 is 0 Å². The average Bonchev–Trinajstić information content (AvgIpc) is 3.14. The average molecular weight is 324 g/mol. The molecule has 1 aromatic carbocycles. The number of nitrogens with one attached hydrogen (secondary N) is 1. The molecule has 0 bridgehead atoms. The van der Waals surface area contributed by atoms with Crippen molar-refractivity contribution in [1.29, 1.82) is 0 Å². The number of methoxy groups -OCH3 is 2. The number of nitrogen functional groups attached to an aromatic ring is 1. The molecule has 0 spiro atoms. The number of fused-ring (bicyclic) bond motifs is 3. The second-order valence-corrected chi connectivity index (χ2v) is 6.07. The molecule has 1 atom stereocenters. The van der Waals surface area contributed by atoms with Crippen LogP contribution in [0.15, 0.2) is 24.4 Å². The predicted octanol–water partition coefficient (Wildman–Crippen LogP) is 2.46. The first-order valence-corrected chi connectivity index (χ1v) is 8.03. The van der Waals surface area contributed by atoms with Crippen molar-refractivity contribution in [3.8, 4) is 11.5 Å². The minimum Gasteiger partial charge on any atom is -0.493 e. The van der Waals surface area contributed by atoms with Crippen molar-refractivity contribution in [3.05, 3.63) is 30.1 Å². The molecule has 6 nitrogen and oxygen atoms in total. The molecule has 1 aliphatic rings. The number of anilines is 1. The quantitative estimate of drug-likeness (QED) is 0.720. The van der Waals surface area contributed by atoms with E-state index in [-0.39, 0.29) is 0 Å². The zero-order valence-corrected chi connectivity index (χ0v) is 13.8. The largest absolute Gasteiger partial charge is 0.493 e. The van der Waals surface area contributed by atoms with Crippen molar-refractivity contribution in [2.45, 2.75) is 12.3 Å².